The second-order valence-electron chi connectivity index (χ2n) is 11.0. The fourth-order valence-electron chi connectivity index (χ4n) is 7.06. The van der Waals surface area contributed by atoms with Crippen LogP contribution in [0.1, 0.15) is 64.3 Å². The number of hydrogen-bond acceptors (Lipinski definition) is 2. The number of Topliss-reactive ketones (excluding diaryl/α,β-unsaturated/α-hetero) is 1. The molecule has 3 aliphatic rings. The predicted octanol–water partition coefficient (Wildman–Crippen LogP) is 5.37. The number of halogens is 1. The second kappa shape index (κ2) is 5.63. The molecule has 0 unspecified atom stereocenters. The van der Waals surface area contributed by atoms with Gasteiger partial charge in [-0.3, -0.25) is 4.79 Å². The van der Waals surface area contributed by atoms with Crippen molar-refractivity contribution in [1.82, 2.24) is 4.98 Å². The smallest absolute Gasteiger partial charge is 0.282 e. The molecule has 1 aromatic heterocycles. The number of nitrogens with zero attached hydrogens (tertiary/aromatic N) is 1. The maximum atomic E-state index is 13.8. The van der Waals surface area contributed by atoms with E-state index < -0.39 is 32.8 Å². The van der Waals surface area contributed by atoms with Crippen LogP contribution in [0.25, 0.3) is 15.7 Å². The van der Waals surface area contributed by atoms with Crippen LogP contribution >= 0.6 is 11.6 Å². The summed E-state index contributed by atoms with van der Waals surface area (Å²) >= 11 is 7.03. The standard InChI is InChI=1S/C26H29ClN2O2/c1-8-24(6)17(27)12-16-22(2,3)14-10-9-11-15-19(14)20-21(29-15)23(4,5)18(30)13-25(24,28-7)26(16,20)31/h8-11,16-17,29,31H,1,12-13H2,2-6H3/t16-,17-,24+,25+,26-/m1/s1. The highest BCUT2D eigenvalue weighted by Gasteiger charge is 2.80. The molecule has 2 N–H and O–H groups in total. The van der Waals surface area contributed by atoms with Crippen molar-refractivity contribution in [3.8, 4) is 0 Å². The fraction of sp³-hybridized carbons (Fsp3) is 0.538. The van der Waals surface area contributed by atoms with E-state index in [1.54, 1.807) is 6.08 Å². The molecule has 1 saturated carbocycles. The molecule has 0 radical (unpaired) electrons. The van der Waals surface area contributed by atoms with Gasteiger partial charge in [-0.1, -0.05) is 32.1 Å². The minimum atomic E-state index is -1.54. The third-order valence-corrected chi connectivity index (χ3v) is 9.87. The summed E-state index contributed by atoms with van der Waals surface area (Å²) < 4.78 is 0. The number of alkyl halides is 1. The number of aromatic amines is 1. The lowest BCUT2D eigenvalue weighted by atomic mass is 9.43. The van der Waals surface area contributed by atoms with Crippen LogP contribution in [0.5, 0.6) is 0 Å². The van der Waals surface area contributed by atoms with Crippen molar-refractivity contribution < 1.29 is 9.90 Å². The van der Waals surface area contributed by atoms with Crippen LogP contribution in [0.3, 0.4) is 0 Å². The van der Waals surface area contributed by atoms with Gasteiger partial charge in [-0.05, 0) is 44.2 Å². The SMILES string of the molecule is [C-]#[N+][C@]12CC(=O)C(C)(C)c3[nH]c4cccc5c4c3[C@]1(O)[C@H](C[C@@H](Cl)[C@]2(C)C=C)C5(C)C. The summed E-state index contributed by atoms with van der Waals surface area (Å²) in [5.74, 6) is -0.384. The first-order valence-electron chi connectivity index (χ1n) is 10.9. The van der Waals surface area contributed by atoms with Gasteiger partial charge in [0.25, 0.3) is 5.54 Å². The van der Waals surface area contributed by atoms with Gasteiger partial charge in [0.2, 0.25) is 0 Å². The van der Waals surface area contributed by atoms with Gasteiger partial charge in [-0.15, -0.1) is 18.2 Å². The number of carbonyl (C=O) groups excluding carboxylic acids is 1. The molecule has 31 heavy (non-hydrogen) atoms. The van der Waals surface area contributed by atoms with Gasteiger partial charge >= 0.3 is 0 Å². The number of aliphatic hydroxyl groups is 1. The van der Waals surface area contributed by atoms with Gasteiger partial charge in [0, 0.05) is 28.1 Å². The van der Waals surface area contributed by atoms with Gasteiger partial charge in [0.1, 0.15) is 0 Å². The summed E-state index contributed by atoms with van der Waals surface area (Å²) in [5.41, 5.74) is -1.76. The molecule has 5 atom stereocenters. The maximum Gasteiger partial charge on any atom is 0.282 e. The molecule has 5 rings (SSSR count). The predicted molar refractivity (Wildman–Crippen MR) is 123 cm³/mol. The Labute approximate surface area is 188 Å². The van der Waals surface area contributed by atoms with E-state index in [2.05, 4.69) is 36.3 Å². The Hall–Kier alpha value is -2.09. The molecule has 162 valence electrons. The summed E-state index contributed by atoms with van der Waals surface area (Å²) in [5, 5.41) is 13.5. The molecular formula is C26H29ClN2O2. The maximum absolute atomic E-state index is 13.8. The van der Waals surface area contributed by atoms with Crippen molar-refractivity contribution in [3.05, 3.63) is 59.1 Å². The van der Waals surface area contributed by atoms with Crippen LogP contribution in [0.15, 0.2) is 30.9 Å². The second-order valence-corrected chi connectivity index (χ2v) is 11.6. The monoisotopic (exact) mass is 436 g/mol. The number of benzene rings is 1. The molecule has 0 saturated heterocycles. The minimum Gasteiger partial charge on any atom is -0.377 e. The molecule has 1 fully saturated rings. The zero-order valence-corrected chi connectivity index (χ0v) is 19.5. The van der Waals surface area contributed by atoms with Crippen molar-refractivity contribution in [2.75, 3.05) is 0 Å². The first kappa shape index (κ1) is 20.8. The third kappa shape index (κ3) is 1.92. The van der Waals surface area contributed by atoms with E-state index in [1.807, 2.05) is 32.9 Å². The number of hydrogen-bond donors (Lipinski definition) is 2. The van der Waals surface area contributed by atoms with E-state index in [1.165, 1.54) is 0 Å². The van der Waals surface area contributed by atoms with Crippen molar-refractivity contribution >= 4 is 28.3 Å². The van der Waals surface area contributed by atoms with Gasteiger partial charge < -0.3 is 14.9 Å². The zero-order valence-electron chi connectivity index (χ0n) is 18.8. The van der Waals surface area contributed by atoms with Gasteiger partial charge in [0.15, 0.2) is 11.4 Å². The van der Waals surface area contributed by atoms with E-state index in [0.717, 1.165) is 27.7 Å². The van der Waals surface area contributed by atoms with Gasteiger partial charge in [-0.25, -0.2) is 6.57 Å². The summed E-state index contributed by atoms with van der Waals surface area (Å²) in [6.45, 7) is 22.4. The van der Waals surface area contributed by atoms with E-state index in [-0.39, 0.29) is 18.1 Å². The van der Waals surface area contributed by atoms with Crippen molar-refractivity contribution in [1.29, 1.82) is 0 Å². The minimum absolute atomic E-state index is 0.0638. The Bertz CT molecular complexity index is 1220. The molecule has 0 bridgehead atoms. The average molecular weight is 437 g/mol. The topological polar surface area (TPSA) is 57.5 Å². The zero-order chi connectivity index (χ0) is 22.8. The number of rotatable bonds is 1. The van der Waals surface area contributed by atoms with Crippen molar-refractivity contribution in [2.45, 2.75) is 74.8 Å². The number of ketones is 1. The summed E-state index contributed by atoms with van der Waals surface area (Å²) in [6.07, 6.45) is 2.17. The molecule has 0 amide bonds. The average Bonchev–Trinajstić information content (AvgIpc) is 3.11. The highest BCUT2D eigenvalue weighted by Crippen LogP contribution is 2.70. The number of carbonyl (C=O) groups is 1. The molecular weight excluding hydrogens is 408 g/mol. The highest BCUT2D eigenvalue weighted by molar-refractivity contribution is 6.21. The number of aromatic nitrogens is 1. The van der Waals surface area contributed by atoms with E-state index in [4.69, 9.17) is 18.2 Å². The lowest BCUT2D eigenvalue weighted by Crippen LogP contribution is -2.71. The first-order valence-corrected chi connectivity index (χ1v) is 11.4. The molecule has 4 nitrogen and oxygen atoms in total. The highest BCUT2D eigenvalue weighted by atomic mass is 35.5. The summed E-state index contributed by atoms with van der Waals surface area (Å²) in [4.78, 5) is 21.4. The Kier molecular flexibility index (Phi) is 3.78. The fourth-order valence-corrected chi connectivity index (χ4v) is 7.51. The number of nitrogens with one attached hydrogen (secondary N) is 1. The van der Waals surface area contributed by atoms with Gasteiger partial charge in [0.05, 0.1) is 22.6 Å². The molecule has 2 aromatic rings. The van der Waals surface area contributed by atoms with E-state index in [0.29, 0.717) is 6.42 Å². The van der Waals surface area contributed by atoms with Crippen LogP contribution in [-0.4, -0.2) is 26.8 Å². The molecule has 5 heteroatoms. The number of H-pyrrole nitrogens is 1. The van der Waals surface area contributed by atoms with Crippen LogP contribution in [0, 0.1) is 17.9 Å². The van der Waals surface area contributed by atoms with Crippen LogP contribution in [-0.2, 0) is 21.2 Å². The normalized spacial score (nSPS) is 39.6. The molecule has 1 heterocycles. The summed E-state index contributed by atoms with van der Waals surface area (Å²) in [6, 6.07) is 6.12. The van der Waals surface area contributed by atoms with E-state index >= 15 is 0 Å². The van der Waals surface area contributed by atoms with Crippen molar-refractivity contribution in [3.63, 3.8) is 0 Å². The third-order valence-electron chi connectivity index (χ3n) is 9.24. The Morgan fingerprint density at radius 3 is 2.58 bits per heavy atom. The Morgan fingerprint density at radius 1 is 1.29 bits per heavy atom. The molecule has 1 aromatic carbocycles. The largest absolute Gasteiger partial charge is 0.377 e. The summed E-state index contributed by atoms with van der Waals surface area (Å²) in [7, 11) is 0. The first-order chi connectivity index (χ1) is 14.3. The van der Waals surface area contributed by atoms with E-state index in [9.17, 15) is 9.90 Å². The molecule has 3 aliphatic carbocycles. The Balaban J connectivity index is 2.08. The van der Waals surface area contributed by atoms with Crippen LogP contribution in [0.4, 0.5) is 0 Å². The molecule has 0 spiro atoms. The van der Waals surface area contributed by atoms with Crippen LogP contribution in [0.2, 0.25) is 0 Å². The quantitative estimate of drug-likeness (QED) is 0.358. The Morgan fingerprint density at radius 2 is 1.97 bits per heavy atom. The lowest BCUT2D eigenvalue weighted by Gasteiger charge is -2.61. The lowest BCUT2D eigenvalue weighted by molar-refractivity contribution is -0.164. The van der Waals surface area contributed by atoms with Gasteiger partial charge in [-0.2, -0.15) is 0 Å². The molecule has 0 aliphatic heterocycles. The van der Waals surface area contributed by atoms with Crippen molar-refractivity contribution in [2.24, 2.45) is 11.3 Å². The van der Waals surface area contributed by atoms with Crippen LogP contribution < -0.4 is 0 Å².